The fourth-order valence-electron chi connectivity index (χ4n) is 1.75. The number of rotatable bonds is 1. The van der Waals surface area contributed by atoms with Gasteiger partial charge in [0.2, 0.25) is 0 Å². The Bertz CT molecular complexity index is 730. The average molecular weight is 262 g/mol. The van der Waals surface area contributed by atoms with Gasteiger partial charge in [0.25, 0.3) is 5.56 Å². The molecule has 2 nitrogen and oxygen atoms in total. The van der Waals surface area contributed by atoms with Gasteiger partial charge in [0.05, 0.1) is 20.8 Å². The first-order valence-electron chi connectivity index (χ1n) is 5.13. The molecule has 0 saturated heterocycles. The summed E-state index contributed by atoms with van der Waals surface area (Å²) in [4.78, 5) is 12.2. The number of fused-ring (bicyclic) bond motifs is 1. The van der Waals surface area contributed by atoms with Crippen LogP contribution in [0.4, 0.5) is 0 Å². The lowest BCUT2D eigenvalue weighted by Gasteiger charge is -1.97. The number of benzene rings is 2. The second kappa shape index (κ2) is 4.02. The normalized spacial score (nSPS) is 10.9. The third kappa shape index (κ3) is 1.68. The zero-order valence-corrected chi connectivity index (χ0v) is 10.3. The van der Waals surface area contributed by atoms with Crippen LogP contribution >= 0.6 is 23.1 Å². The van der Waals surface area contributed by atoms with Crippen molar-refractivity contribution in [3.8, 4) is 5.69 Å². The van der Waals surface area contributed by atoms with Gasteiger partial charge >= 0.3 is 0 Å². The third-order valence-electron chi connectivity index (χ3n) is 2.56. The highest BCUT2D eigenvalue weighted by molar-refractivity contribution is 7.15. The zero-order chi connectivity index (χ0) is 11.8. The number of hydrogen-bond donors (Lipinski definition) is 0. The highest BCUT2D eigenvalue weighted by atomic mass is 35.5. The van der Waals surface area contributed by atoms with E-state index in [2.05, 4.69) is 0 Å². The summed E-state index contributed by atoms with van der Waals surface area (Å²) in [5.41, 5.74) is 0.855. The Balaban J connectivity index is 2.37. The molecule has 1 aromatic heterocycles. The van der Waals surface area contributed by atoms with Crippen molar-refractivity contribution in [2.75, 3.05) is 0 Å². The van der Waals surface area contributed by atoms with E-state index in [1.807, 2.05) is 30.3 Å². The standard InChI is InChI=1S/C13H8ClNOS/c14-11-8-4-7-10-12(11)17-15(13(10)16)9-5-2-1-3-6-9/h1-8H. The van der Waals surface area contributed by atoms with Crippen LogP contribution in [0.25, 0.3) is 15.8 Å². The summed E-state index contributed by atoms with van der Waals surface area (Å²) in [6.45, 7) is 0. The van der Waals surface area contributed by atoms with Crippen LogP contribution in [0, 0.1) is 0 Å². The molecule has 1 heterocycles. The largest absolute Gasteiger partial charge is 0.273 e. The number of aromatic nitrogens is 1. The SMILES string of the molecule is O=c1c2cccc(Cl)c2sn1-c1ccccc1. The molecule has 0 amide bonds. The molecule has 4 heteroatoms. The van der Waals surface area contributed by atoms with Crippen LogP contribution in [-0.2, 0) is 0 Å². The monoisotopic (exact) mass is 261 g/mol. The number of hydrogen-bond acceptors (Lipinski definition) is 2. The second-order valence-corrected chi connectivity index (χ2v) is 5.01. The lowest BCUT2D eigenvalue weighted by Crippen LogP contribution is -2.10. The maximum atomic E-state index is 12.2. The first-order valence-corrected chi connectivity index (χ1v) is 6.28. The summed E-state index contributed by atoms with van der Waals surface area (Å²) in [5, 5.41) is 1.30. The summed E-state index contributed by atoms with van der Waals surface area (Å²) < 4.78 is 2.50. The van der Waals surface area contributed by atoms with Gasteiger partial charge in [-0.25, -0.2) is 3.96 Å². The Hall–Kier alpha value is -1.58. The molecule has 3 aromatic rings. The molecular weight excluding hydrogens is 254 g/mol. The molecule has 0 bridgehead atoms. The predicted molar refractivity (Wildman–Crippen MR) is 72.4 cm³/mol. The van der Waals surface area contributed by atoms with Crippen molar-refractivity contribution in [2.24, 2.45) is 0 Å². The smallest absolute Gasteiger partial charge is 0.267 e. The van der Waals surface area contributed by atoms with Gasteiger partial charge < -0.3 is 0 Å². The molecule has 0 N–H and O–H groups in total. The maximum Gasteiger partial charge on any atom is 0.273 e. The minimum Gasteiger partial charge on any atom is -0.267 e. The fraction of sp³-hybridized carbons (Fsp3) is 0. The van der Waals surface area contributed by atoms with Crippen LogP contribution in [0.1, 0.15) is 0 Å². The molecule has 0 atom stereocenters. The Labute approximate surface area is 107 Å². The molecule has 0 fully saturated rings. The van der Waals surface area contributed by atoms with Crippen LogP contribution < -0.4 is 5.56 Å². The van der Waals surface area contributed by atoms with E-state index in [4.69, 9.17) is 11.6 Å². The van der Waals surface area contributed by atoms with Gasteiger partial charge in [-0.1, -0.05) is 35.9 Å². The van der Waals surface area contributed by atoms with E-state index >= 15 is 0 Å². The molecule has 0 unspecified atom stereocenters. The quantitative estimate of drug-likeness (QED) is 0.655. The van der Waals surface area contributed by atoms with Crippen LogP contribution in [-0.4, -0.2) is 3.96 Å². The molecule has 3 rings (SSSR count). The lowest BCUT2D eigenvalue weighted by atomic mass is 10.3. The van der Waals surface area contributed by atoms with Gasteiger partial charge in [0.1, 0.15) is 0 Å². The van der Waals surface area contributed by atoms with Gasteiger partial charge in [0, 0.05) is 0 Å². The predicted octanol–water partition coefficient (Wildman–Crippen LogP) is 3.71. The first-order chi connectivity index (χ1) is 8.27. The Morgan fingerprint density at radius 1 is 1.00 bits per heavy atom. The van der Waals surface area contributed by atoms with Gasteiger partial charge in [0.15, 0.2) is 0 Å². The van der Waals surface area contributed by atoms with Crippen LogP contribution in [0.5, 0.6) is 0 Å². The Morgan fingerprint density at radius 3 is 2.47 bits per heavy atom. The fourth-order valence-corrected chi connectivity index (χ4v) is 3.02. The summed E-state index contributed by atoms with van der Waals surface area (Å²) in [6, 6.07) is 15.0. The van der Waals surface area contributed by atoms with E-state index < -0.39 is 0 Å². The van der Waals surface area contributed by atoms with E-state index in [9.17, 15) is 4.79 Å². The van der Waals surface area contributed by atoms with E-state index in [1.165, 1.54) is 11.5 Å². The number of halogens is 1. The van der Waals surface area contributed by atoms with Crippen LogP contribution in [0.3, 0.4) is 0 Å². The number of para-hydroxylation sites is 1. The third-order valence-corrected chi connectivity index (χ3v) is 4.16. The van der Waals surface area contributed by atoms with E-state index in [-0.39, 0.29) is 5.56 Å². The van der Waals surface area contributed by atoms with Crippen molar-refractivity contribution in [2.45, 2.75) is 0 Å². The molecule has 0 saturated carbocycles. The van der Waals surface area contributed by atoms with Crippen LogP contribution in [0.15, 0.2) is 53.3 Å². The van der Waals surface area contributed by atoms with Crippen molar-refractivity contribution in [3.05, 3.63) is 63.9 Å². The molecule has 0 radical (unpaired) electrons. The van der Waals surface area contributed by atoms with Crippen LogP contribution in [0.2, 0.25) is 5.02 Å². The minimum absolute atomic E-state index is 0.0151. The average Bonchev–Trinajstić information content (AvgIpc) is 2.70. The molecule has 17 heavy (non-hydrogen) atoms. The van der Waals surface area contributed by atoms with Crippen molar-refractivity contribution in [3.63, 3.8) is 0 Å². The molecule has 0 aliphatic heterocycles. The molecule has 0 aliphatic carbocycles. The second-order valence-electron chi connectivity index (χ2n) is 3.64. The number of nitrogens with zero attached hydrogens (tertiary/aromatic N) is 1. The molecule has 84 valence electrons. The van der Waals surface area contributed by atoms with Crippen molar-refractivity contribution < 1.29 is 0 Å². The van der Waals surface area contributed by atoms with Crippen molar-refractivity contribution in [1.29, 1.82) is 0 Å². The van der Waals surface area contributed by atoms with E-state index in [0.717, 1.165) is 10.4 Å². The summed E-state index contributed by atoms with van der Waals surface area (Å²) >= 11 is 7.46. The summed E-state index contributed by atoms with van der Waals surface area (Å²) in [7, 11) is 0. The highest BCUT2D eigenvalue weighted by Gasteiger charge is 2.10. The maximum absolute atomic E-state index is 12.2. The van der Waals surface area contributed by atoms with Crippen molar-refractivity contribution >= 4 is 33.2 Å². The Morgan fingerprint density at radius 2 is 1.76 bits per heavy atom. The summed E-state index contributed by atoms with van der Waals surface area (Å²) in [5.74, 6) is 0. The lowest BCUT2D eigenvalue weighted by molar-refractivity contribution is 1.14. The summed E-state index contributed by atoms with van der Waals surface area (Å²) in [6.07, 6.45) is 0. The molecular formula is C13H8ClNOS. The van der Waals surface area contributed by atoms with E-state index in [1.54, 1.807) is 22.2 Å². The zero-order valence-electron chi connectivity index (χ0n) is 8.76. The highest BCUT2D eigenvalue weighted by Crippen LogP contribution is 2.27. The van der Waals surface area contributed by atoms with Gasteiger partial charge in [-0.15, -0.1) is 0 Å². The van der Waals surface area contributed by atoms with Gasteiger partial charge in [-0.05, 0) is 35.8 Å². The van der Waals surface area contributed by atoms with E-state index in [0.29, 0.717) is 10.4 Å². The molecule has 0 aliphatic rings. The van der Waals surface area contributed by atoms with Gasteiger partial charge in [-0.2, -0.15) is 0 Å². The van der Waals surface area contributed by atoms with Gasteiger partial charge in [-0.3, -0.25) is 4.79 Å². The Kier molecular flexibility index (Phi) is 2.50. The minimum atomic E-state index is -0.0151. The molecule has 2 aromatic carbocycles. The molecule has 0 spiro atoms. The van der Waals surface area contributed by atoms with Crippen molar-refractivity contribution in [1.82, 2.24) is 3.96 Å². The topological polar surface area (TPSA) is 22.0 Å². The first kappa shape index (κ1) is 10.6.